The molecule has 1 amide bonds. The maximum atomic E-state index is 12.4. The van der Waals surface area contributed by atoms with Gasteiger partial charge in [0.25, 0.3) is 0 Å². The van der Waals surface area contributed by atoms with E-state index < -0.39 is 11.2 Å². The minimum Gasteiger partial charge on any atom is -0.456 e. The van der Waals surface area contributed by atoms with Gasteiger partial charge in [0.1, 0.15) is 5.25 Å². The summed E-state index contributed by atoms with van der Waals surface area (Å²) < 4.78 is 5.19. The number of Topliss-reactive ketones (excluding diaryl/α,β-unsaturated/α-hetero) is 1. The molecule has 0 bridgehead atoms. The van der Waals surface area contributed by atoms with Gasteiger partial charge in [-0.1, -0.05) is 17.7 Å². The molecule has 0 unspecified atom stereocenters. The normalized spacial score (nSPS) is 16.4. The fraction of sp³-hybridized carbons (Fsp3) is 0.286. The highest BCUT2D eigenvalue weighted by Gasteiger charge is 2.27. The third kappa shape index (κ3) is 4.39. The first-order valence-corrected chi connectivity index (χ1v) is 9.61. The molecule has 2 aromatic rings. The van der Waals surface area contributed by atoms with Gasteiger partial charge in [0.05, 0.1) is 5.92 Å². The van der Waals surface area contributed by atoms with Gasteiger partial charge in [-0.05, 0) is 56.7 Å². The van der Waals surface area contributed by atoms with Crippen LogP contribution in [0.1, 0.15) is 41.3 Å². The molecule has 0 aromatic heterocycles. The van der Waals surface area contributed by atoms with Gasteiger partial charge in [0.2, 0.25) is 5.91 Å². The van der Waals surface area contributed by atoms with E-state index in [1.165, 1.54) is 11.8 Å². The number of carbonyl (C=O) groups is 3. The van der Waals surface area contributed by atoms with Crippen molar-refractivity contribution in [2.45, 2.75) is 36.8 Å². The van der Waals surface area contributed by atoms with Crippen LogP contribution in [0.25, 0.3) is 0 Å². The predicted octanol–water partition coefficient (Wildman–Crippen LogP) is 3.96. The molecule has 2 atom stereocenters. The van der Waals surface area contributed by atoms with Gasteiger partial charge in [-0.3, -0.25) is 14.4 Å². The molecule has 6 heteroatoms. The van der Waals surface area contributed by atoms with E-state index in [4.69, 9.17) is 4.74 Å². The van der Waals surface area contributed by atoms with Crippen LogP contribution in [-0.2, 0) is 14.3 Å². The quantitative estimate of drug-likeness (QED) is 0.464. The van der Waals surface area contributed by atoms with Crippen LogP contribution in [0.2, 0.25) is 0 Å². The number of amides is 1. The smallest absolute Gasteiger partial charge is 0.319 e. The third-order valence-corrected chi connectivity index (χ3v) is 5.59. The standard InChI is InChI=1S/C21H21NO4S/c1-12-4-7-16(8-5-12)27-14(3)21(25)26-11-19(23)15-6-9-18-17(10-15)13(2)20(24)22-18/h4-10,13-14H,11H2,1-3H3,(H,22,24)/t13-,14+/m0/s1. The maximum Gasteiger partial charge on any atom is 0.319 e. The first-order valence-electron chi connectivity index (χ1n) is 8.73. The molecule has 3 rings (SSSR count). The summed E-state index contributed by atoms with van der Waals surface area (Å²) in [6.07, 6.45) is 0. The number of hydrogen-bond donors (Lipinski definition) is 1. The second-order valence-electron chi connectivity index (χ2n) is 6.62. The second kappa shape index (κ2) is 7.96. The molecule has 1 heterocycles. The Balaban J connectivity index is 1.56. The summed E-state index contributed by atoms with van der Waals surface area (Å²) in [4.78, 5) is 37.2. The van der Waals surface area contributed by atoms with E-state index >= 15 is 0 Å². The molecule has 0 fully saturated rings. The van der Waals surface area contributed by atoms with E-state index in [9.17, 15) is 14.4 Å². The average molecular weight is 383 g/mol. The summed E-state index contributed by atoms with van der Waals surface area (Å²) in [7, 11) is 0. The Morgan fingerprint density at radius 1 is 1.19 bits per heavy atom. The minimum absolute atomic E-state index is 0.0806. The topological polar surface area (TPSA) is 72.5 Å². The molecule has 1 aliphatic heterocycles. The Morgan fingerprint density at radius 3 is 2.59 bits per heavy atom. The Bertz CT molecular complexity index is 892. The van der Waals surface area contributed by atoms with Crippen LogP contribution in [-0.4, -0.2) is 29.5 Å². The predicted molar refractivity (Wildman–Crippen MR) is 105 cm³/mol. The number of esters is 1. The molecular weight excluding hydrogens is 362 g/mol. The number of ketones is 1. The molecule has 140 valence electrons. The Labute approximate surface area is 162 Å². The fourth-order valence-corrected chi connectivity index (χ4v) is 3.66. The van der Waals surface area contributed by atoms with E-state index in [0.29, 0.717) is 5.56 Å². The first kappa shape index (κ1) is 19.2. The SMILES string of the molecule is Cc1ccc(S[C@H](C)C(=O)OCC(=O)c2ccc3c(c2)[C@H](C)C(=O)N3)cc1. The molecule has 5 nitrogen and oxygen atoms in total. The third-order valence-electron chi connectivity index (χ3n) is 4.50. The lowest BCUT2D eigenvalue weighted by atomic mass is 9.99. The van der Waals surface area contributed by atoms with E-state index in [0.717, 1.165) is 21.7 Å². The van der Waals surface area contributed by atoms with Crippen molar-refractivity contribution in [3.63, 3.8) is 0 Å². The summed E-state index contributed by atoms with van der Waals surface area (Å²) in [6.45, 7) is 5.24. The molecule has 0 spiro atoms. The number of ether oxygens (including phenoxy) is 1. The van der Waals surface area contributed by atoms with Crippen molar-refractivity contribution >= 4 is 35.1 Å². The van der Waals surface area contributed by atoms with Crippen LogP contribution < -0.4 is 5.32 Å². The maximum absolute atomic E-state index is 12.4. The Morgan fingerprint density at radius 2 is 1.89 bits per heavy atom. The lowest BCUT2D eigenvalue weighted by Gasteiger charge is -2.11. The Hall–Kier alpha value is -2.60. The number of thioether (sulfide) groups is 1. The van der Waals surface area contributed by atoms with Crippen molar-refractivity contribution in [1.82, 2.24) is 0 Å². The molecule has 2 aromatic carbocycles. The number of aryl methyl sites for hydroxylation is 1. The van der Waals surface area contributed by atoms with E-state index in [-0.39, 0.29) is 24.2 Å². The van der Waals surface area contributed by atoms with Gasteiger partial charge >= 0.3 is 5.97 Å². The number of anilines is 1. The lowest BCUT2D eigenvalue weighted by molar-refractivity contribution is -0.141. The number of carbonyl (C=O) groups excluding carboxylic acids is 3. The van der Waals surface area contributed by atoms with E-state index in [1.54, 1.807) is 32.0 Å². The highest BCUT2D eigenvalue weighted by molar-refractivity contribution is 8.00. The number of nitrogens with one attached hydrogen (secondary N) is 1. The van der Waals surface area contributed by atoms with Crippen LogP contribution in [0.15, 0.2) is 47.4 Å². The molecule has 27 heavy (non-hydrogen) atoms. The van der Waals surface area contributed by atoms with Gasteiger partial charge in [-0.15, -0.1) is 11.8 Å². The van der Waals surface area contributed by atoms with Crippen LogP contribution >= 0.6 is 11.8 Å². The van der Waals surface area contributed by atoms with Crippen molar-refractivity contribution < 1.29 is 19.1 Å². The zero-order chi connectivity index (χ0) is 19.6. The molecule has 0 radical (unpaired) electrons. The summed E-state index contributed by atoms with van der Waals surface area (Å²) in [5, 5.41) is 2.35. The summed E-state index contributed by atoms with van der Waals surface area (Å²) in [5.74, 6) is -1.09. The van der Waals surface area contributed by atoms with Crippen LogP contribution in [0.4, 0.5) is 5.69 Å². The van der Waals surface area contributed by atoms with Crippen LogP contribution in [0.3, 0.4) is 0 Å². The van der Waals surface area contributed by atoms with Crippen LogP contribution in [0.5, 0.6) is 0 Å². The molecule has 0 saturated carbocycles. The largest absolute Gasteiger partial charge is 0.456 e. The van der Waals surface area contributed by atoms with Gasteiger partial charge in [-0.25, -0.2) is 0 Å². The first-order chi connectivity index (χ1) is 12.8. The van der Waals surface area contributed by atoms with Gasteiger partial charge in [0.15, 0.2) is 12.4 Å². The second-order valence-corrected chi connectivity index (χ2v) is 8.03. The molecule has 0 saturated heterocycles. The minimum atomic E-state index is -0.430. The van der Waals surface area contributed by atoms with E-state index in [1.807, 2.05) is 31.2 Å². The fourth-order valence-electron chi connectivity index (χ4n) is 2.80. The molecular formula is C21H21NO4S. The molecule has 0 aliphatic carbocycles. The zero-order valence-corrected chi connectivity index (χ0v) is 16.3. The monoisotopic (exact) mass is 383 g/mol. The van der Waals surface area contributed by atoms with E-state index in [2.05, 4.69) is 5.32 Å². The zero-order valence-electron chi connectivity index (χ0n) is 15.4. The average Bonchev–Trinajstić information content (AvgIpc) is 2.94. The highest BCUT2D eigenvalue weighted by atomic mass is 32.2. The Kier molecular flexibility index (Phi) is 5.65. The van der Waals surface area contributed by atoms with Gasteiger partial charge < -0.3 is 10.1 Å². The van der Waals surface area contributed by atoms with Crippen molar-refractivity contribution in [3.8, 4) is 0 Å². The summed E-state index contributed by atoms with van der Waals surface area (Å²) >= 11 is 1.39. The van der Waals surface area contributed by atoms with Crippen LogP contribution in [0, 0.1) is 6.92 Å². The van der Waals surface area contributed by atoms with Crippen molar-refractivity contribution in [2.24, 2.45) is 0 Å². The molecule has 1 N–H and O–H groups in total. The van der Waals surface area contributed by atoms with Crippen molar-refractivity contribution in [1.29, 1.82) is 0 Å². The lowest BCUT2D eigenvalue weighted by Crippen LogP contribution is -2.21. The number of rotatable bonds is 6. The summed E-state index contributed by atoms with van der Waals surface area (Å²) in [6, 6.07) is 12.9. The molecule has 1 aliphatic rings. The highest BCUT2D eigenvalue weighted by Crippen LogP contribution is 2.32. The number of fused-ring (bicyclic) bond motifs is 1. The van der Waals surface area contributed by atoms with Crippen molar-refractivity contribution in [2.75, 3.05) is 11.9 Å². The van der Waals surface area contributed by atoms with Gasteiger partial charge in [0, 0.05) is 16.1 Å². The van der Waals surface area contributed by atoms with Crippen molar-refractivity contribution in [3.05, 3.63) is 59.2 Å². The number of hydrogen-bond acceptors (Lipinski definition) is 5. The van der Waals surface area contributed by atoms with Gasteiger partial charge in [-0.2, -0.15) is 0 Å². The summed E-state index contributed by atoms with van der Waals surface area (Å²) in [5.41, 5.74) is 3.11. The number of benzene rings is 2.